The largest absolute Gasteiger partial charge is 0.439 e. The van der Waals surface area contributed by atoms with Gasteiger partial charge in [0.1, 0.15) is 11.6 Å². The van der Waals surface area contributed by atoms with E-state index in [1.165, 1.54) is 16.3 Å². The molecule has 3 aromatic carbocycles. The molecule has 0 aliphatic heterocycles. The molecule has 0 aliphatic carbocycles. The van der Waals surface area contributed by atoms with Crippen molar-refractivity contribution in [2.45, 2.75) is 26.7 Å². The van der Waals surface area contributed by atoms with E-state index in [4.69, 9.17) is 9.72 Å². The summed E-state index contributed by atoms with van der Waals surface area (Å²) in [5, 5.41) is 2.44. The van der Waals surface area contributed by atoms with Crippen molar-refractivity contribution in [2.75, 3.05) is 0 Å². The van der Waals surface area contributed by atoms with Crippen LogP contribution >= 0.6 is 0 Å². The molecule has 0 unspecified atom stereocenters. The smallest absolute Gasteiger partial charge is 0.222 e. The lowest BCUT2D eigenvalue weighted by atomic mass is 10.0. The van der Waals surface area contributed by atoms with Crippen LogP contribution in [-0.2, 0) is 12.8 Å². The van der Waals surface area contributed by atoms with Crippen molar-refractivity contribution in [2.24, 2.45) is 0 Å². The molecule has 0 bridgehead atoms. The third-order valence-electron chi connectivity index (χ3n) is 6.73. The van der Waals surface area contributed by atoms with Gasteiger partial charge in [0.15, 0.2) is 0 Å². The molecular formula is C32H27N3O. The van der Waals surface area contributed by atoms with Crippen LogP contribution in [0.2, 0.25) is 0 Å². The fraction of sp³-hybridized carbons (Fsp3) is 0.125. The number of hydrogen-bond donors (Lipinski definition) is 0. The van der Waals surface area contributed by atoms with Gasteiger partial charge in [0.2, 0.25) is 5.88 Å². The van der Waals surface area contributed by atoms with Crippen molar-refractivity contribution in [3.8, 4) is 28.6 Å². The van der Waals surface area contributed by atoms with E-state index in [-0.39, 0.29) is 0 Å². The van der Waals surface area contributed by atoms with Gasteiger partial charge in [-0.1, -0.05) is 62.4 Å². The number of aromatic nitrogens is 3. The van der Waals surface area contributed by atoms with Crippen molar-refractivity contribution >= 4 is 21.8 Å². The SMILES string of the molecule is CCc1ccnc(-n2c3ccccc3c3ccc(-c4cccc(Oc5ncccc5CC)c4)cc32)c1. The zero-order valence-electron chi connectivity index (χ0n) is 20.5. The van der Waals surface area contributed by atoms with E-state index >= 15 is 0 Å². The maximum atomic E-state index is 6.19. The number of hydrogen-bond acceptors (Lipinski definition) is 3. The summed E-state index contributed by atoms with van der Waals surface area (Å²) in [5.74, 6) is 2.38. The highest BCUT2D eigenvalue weighted by atomic mass is 16.5. The van der Waals surface area contributed by atoms with Crippen LogP contribution < -0.4 is 4.74 Å². The monoisotopic (exact) mass is 469 g/mol. The highest BCUT2D eigenvalue weighted by Gasteiger charge is 2.14. The van der Waals surface area contributed by atoms with Crippen LogP contribution in [0.1, 0.15) is 25.0 Å². The minimum absolute atomic E-state index is 0.662. The molecule has 0 fully saturated rings. The molecule has 36 heavy (non-hydrogen) atoms. The van der Waals surface area contributed by atoms with Crippen LogP contribution in [0.4, 0.5) is 0 Å². The molecule has 3 aromatic heterocycles. The molecule has 0 aliphatic rings. The van der Waals surface area contributed by atoms with Crippen molar-refractivity contribution in [3.05, 3.63) is 115 Å². The lowest BCUT2D eigenvalue weighted by molar-refractivity contribution is 0.457. The topological polar surface area (TPSA) is 39.9 Å². The zero-order chi connectivity index (χ0) is 24.5. The third kappa shape index (κ3) is 3.91. The summed E-state index contributed by atoms with van der Waals surface area (Å²) in [4.78, 5) is 9.18. The summed E-state index contributed by atoms with van der Waals surface area (Å²) < 4.78 is 8.46. The number of para-hydroxylation sites is 1. The molecular weight excluding hydrogens is 442 g/mol. The number of pyridine rings is 2. The second kappa shape index (κ2) is 9.31. The van der Waals surface area contributed by atoms with Gasteiger partial charge in [0.25, 0.3) is 0 Å². The van der Waals surface area contributed by atoms with Crippen molar-refractivity contribution in [3.63, 3.8) is 0 Å². The second-order valence-corrected chi connectivity index (χ2v) is 8.91. The van der Waals surface area contributed by atoms with E-state index in [0.717, 1.165) is 52.1 Å². The van der Waals surface area contributed by atoms with Gasteiger partial charge >= 0.3 is 0 Å². The van der Waals surface area contributed by atoms with Crippen LogP contribution in [0.15, 0.2) is 103 Å². The molecule has 6 aromatic rings. The van der Waals surface area contributed by atoms with E-state index in [2.05, 4.69) is 96.2 Å². The fourth-order valence-corrected chi connectivity index (χ4v) is 4.84. The van der Waals surface area contributed by atoms with Crippen molar-refractivity contribution in [1.29, 1.82) is 0 Å². The lowest BCUT2D eigenvalue weighted by Crippen LogP contribution is -1.98. The Bertz CT molecular complexity index is 1700. The van der Waals surface area contributed by atoms with E-state index in [1.807, 2.05) is 24.4 Å². The molecule has 6 rings (SSSR count). The van der Waals surface area contributed by atoms with E-state index in [9.17, 15) is 0 Å². The predicted molar refractivity (Wildman–Crippen MR) is 147 cm³/mol. The van der Waals surface area contributed by atoms with Gasteiger partial charge in [0.05, 0.1) is 11.0 Å². The van der Waals surface area contributed by atoms with Crippen LogP contribution in [0.25, 0.3) is 38.8 Å². The summed E-state index contributed by atoms with van der Waals surface area (Å²) in [7, 11) is 0. The van der Waals surface area contributed by atoms with Gasteiger partial charge in [0, 0.05) is 28.7 Å². The van der Waals surface area contributed by atoms with Crippen LogP contribution in [0.5, 0.6) is 11.6 Å². The maximum Gasteiger partial charge on any atom is 0.222 e. The standard InChI is InChI=1S/C32H27N3O/c1-3-22-16-18-33-31(19-22)35-29-13-6-5-12-27(29)28-15-14-25(21-30(28)35)24-9-7-11-26(20-24)36-32-23(4-2)10-8-17-34-32/h5-21H,3-4H2,1-2H3. The molecule has 4 heteroatoms. The molecule has 0 saturated heterocycles. The number of aryl methyl sites for hydroxylation is 2. The number of rotatable bonds is 6. The van der Waals surface area contributed by atoms with Crippen molar-refractivity contribution < 1.29 is 4.74 Å². The first-order valence-electron chi connectivity index (χ1n) is 12.5. The summed E-state index contributed by atoms with van der Waals surface area (Å²) in [6.07, 6.45) is 5.52. The third-order valence-corrected chi connectivity index (χ3v) is 6.73. The molecule has 4 nitrogen and oxygen atoms in total. The first-order valence-corrected chi connectivity index (χ1v) is 12.5. The summed E-state index contributed by atoms with van der Waals surface area (Å²) in [6, 6.07) is 31.7. The van der Waals surface area contributed by atoms with Gasteiger partial charge in [-0.2, -0.15) is 0 Å². The molecule has 0 spiro atoms. The van der Waals surface area contributed by atoms with Crippen molar-refractivity contribution in [1.82, 2.24) is 14.5 Å². The summed E-state index contributed by atoms with van der Waals surface area (Å²) in [5.41, 5.74) is 6.88. The van der Waals surface area contributed by atoms with E-state index < -0.39 is 0 Å². The molecule has 0 atom stereocenters. The Morgan fingerprint density at radius 1 is 0.667 bits per heavy atom. The van der Waals surface area contributed by atoms with Gasteiger partial charge in [-0.3, -0.25) is 4.57 Å². The molecule has 176 valence electrons. The minimum Gasteiger partial charge on any atom is -0.439 e. The number of nitrogens with zero attached hydrogens (tertiary/aromatic N) is 3. The van der Waals surface area contributed by atoms with Gasteiger partial charge in [-0.15, -0.1) is 0 Å². The maximum absolute atomic E-state index is 6.19. The van der Waals surface area contributed by atoms with Crippen LogP contribution in [-0.4, -0.2) is 14.5 Å². The number of fused-ring (bicyclic) bond motifs is 3. The predicted octanol–water partition coefficient (Wildman–Crippen LogP) is 8.16. The Kier molecular flexibility index (Phi) is 5.70. The highest BCUT2D eigenvalue weighted by Crippen LogP contribution is 2.35. The average molecular weight is 470 g/mol. The Morgan fingerprint density at radius 2 is 1.53 bits per heavy atom. The van der Waals surface area contributed by atoms with Crippen LogP contribution in [0, 0.1) is 0 Å². The second-order valence-electron chi connectivity index (χ2n) is 8.91. The fourth-order valence-electron chi connectivity index (χ4n) is 4.84. The summed E-state index contributed by atoms with van der Waals surface area (Å²) in [6.45, 7) is 4.28. The molecule has 0 radical (unpaired) electrons. The number of ether oxygens (including phenoxy) is 1. The summed E-state index contributed by atoms with van der Waals surface area (Å²) >= 11 is 0. The minimum atomic E-state index is 0.662. The molecule has 3 heterocycles. The Morgan fingerprint density at radius 3 is 2.42 bits per heavy atom. The van der Waals surface area contributed by atoms with Gasteiger partial charge < -0.3 is 4.74 Å². The average Bonchev–Trinajstić information content (AvgIpc) is 3.27. The molecule has 0 saturated carbocycles. The zero-order valence-corrected chi connectivity index (χ0v) is 20.5. The van der Waals surface area contributed by atoms with E-state index in [0.29, 0.717) is 5.88 Å². The Balaban J connectivity index is 1.48. The quantitative estimate of drug-likeness (QED) is 0.247. The lowest BCUT2D eigenvalue weighted by Gasteiger charge is -2.11. The Labute approximate surface area is 210 Å². The van der Waals surface area contributed by atoms with Crippen LogP contribution in [0.3, 0.4) is 0 Å². The normalized spacial score (nSPS) is 11.3. The van der Waals surface area contributed by atoms with Gasteiger partial charge in [-0.25, -0.2) is 9.97 Å². The highest BCUT2D eigenvalue weighted by molar-refractivity contribution is 6.10. The first kappa shape index (κ1) is 22.1. The Hall–Kier alpha value is -4.44. The van der Waals surface area contributed by atoms with Gasteiger partial charge in [-0.05, 0) is 72.0 Å². The molecule has 0 N–H and O–H groups in total. The molecule has 0 amide bonds. The first-order chi connectivity index (χ1) is 17.7. The number of benzene rings is 3. The van der Waals surface area contributed by atoms with E-state index in [1.54, 1.807) is 6.20 Å².